The Hall–Kier alpha value is -0.610. The van der Waals surface area contributed by atoms with Crippen molar-refractivity contribution in [1.82, 2.24) is 5.32 Å². The van der Waals surface area contributed by atoms with Crippen molar-refractivity contribution in [3.63, 3.8) is 0 Å². The lowest BCUT2D eigenvalue weighted by atomic mass is 9.85. The van der Waals surface area contributed by atoms with E-state index in [1.165, 1.54) is 0 Å². The van der Waals surface area contributed by atoms with Crippen molar-refractivity contribution < 1.29 is 14.6 Å². The Balaban J connectivity index is 1.74. The van der Waals surface area contributed by atoms with Crippen LogP contribution in [0.15, 0.2) is 0 Å². The summed E-state index contributed by atoms with van der Waals surface area (Å²) in [6, 6.07) is 0.955. The number of nitrogens with one attached hydrogen (secondary N) is 1. The Morgan fingerprint density at radius 3 is 2.44 bits per heavy atom. The van der Waals surface area contributed by atoms with Gasteiger partial charge in [0.25, 0.3) is 0 Å². The number of carboxylic acids is 1. The highest BCUT2D eigenvalue weighted by Gasteiger charge is 2.30. The zero-order chi connectivity index (χ0) is 11.5. The lowest BCUT2D eigenvalue weighted by Gasteiger charge is -2.30. The van der Waals surface area contributed by atoms with E-state index < -0.39 is 5.97 Å². The SMILES string of the molecule is CC1OCCC1NC1CCC(C(=O)O)CC1. The first-order chi connectivity index (χ1) is 7.66. The molecule has 1 saturated carbocycles. The Kier molecular flexibility index (Phi) is 3.82. The number of hydrogen-bond donors (Lipinski definition) is 2. The minimum Gasteiger partial charge on any atom is -0.481 e. The third kappa shape index (κ3) is 2.74. The van der Waals surface area contributed by atoms with E-state index in [1.807, 2.05) is 0 Å². The van der Waals surface area contributed by atoms with Gasteiger partial charge in [0, 0.05) is 18.7 Å². The van der Waals surface area contributed by atoms with E-state index in [1.54, 1.807) is 0 Å². The number of rotatable bonds is 3. The molecule has 16 heavy (non-hydrogen) atoms. The van der Waals surface area contributed by atoms with Gasteiger partial charge in [-0.15, -0.1) is 0 Å². The molecule has 4 nitrogen and oxygen atoms in total. The highest BCUT2D eigenvalue weighted by Crippen LogP contribution is 2.26. The van der Waals surface area contributed by atoms with Gasteiger partial charge >= 0.3 is 5.97 Å². The topological polar surface area (TPSA) is 58.6 Å². The van der Waals surface area contributed by atoms with Crippen LogP contribution in [-0.4, -0.2) is 35.9 Å². The van der Waals surface area contributed by atoms with Crippen molar-refractivity contribution in [2.24, 2.45) is 5.92 Å². The van der Waals surface area contributed by atoms with Crippen LogP contribution >= 0.6 is 0 Å². The van der Waals surface area contributed by atoms with E-state index in [0.717, 1.165) is 38.7 Å². The zero-order valence-electron chi connectivity index (χ0n) is 9.82. The molecular weight excluding hydrogens is 206 g/mol. The van der Waals surface area contributed by atoms with Crippen molar-refractivity contribution in [3.05, 3.63) is 0 Å². The largest absolute Gasteiger partial charge is 0.481 e. The Labute approximate surface area is 96.4 Å². The predicted molar refractivity (Wildman–Crippen MR) is 60.3 cm³/mol. The lowest BCUT2D eigenvalue weighted by Crippen LogP contribution is -2.44. The normalized spacial score (nSPS) is 39.8. The van der Waals surface area contributed by atoms with Crippen LogP contribution < -0.4 is 5.32 Å². The van der Waals surface area contributed by atoms with Crippen LogP contribution in [0.25, 0.3) is 0 Å². The molecule has 2 aliphatic rings. The Morgan fingerprint density at radius 1 is 1.25 bits per heavy atom. The van der Waals surface area contributed by atoms with Gasteiger partial charge in [-0.3, -0.25) is 4.79 Å². The maximum absolute atomic E-state index is 10.8. The van der Waals surface area contributed by atoms with E-state index >= 15 is 0 Å². The van der Waals surface area contributed by atoms with Crippen molar-refractivity contribution in [2.45, 2.75) is 57.2 Å². The number of aliphatic carboxylic acids is 1. The first kappa shape index (κ1) is 11.9. The van der Waals surface area contributed by atoms with Gasteiger partial charge in [0.1, 0.15) is 0 Å². The molecule has 1 aliphatic carbocycles. The quantitative estimate of drug-likeness (QED) is 0.765. The molecule has 1 saturated heterocycles. The number of carbonyl (C=O) groups is 1. The molecule has 2 unspecified atom stereocenters. The average Bonchev–Trinajstić information content (AvgIpc) is 2.65. The summed E-state index contributed by atoms with van der Waals surface area (Å²) in [5.74, 6) is -0.744. The molecule has 92 valence electrons. The number of carboxylic acid groups (broad SMARTS) is 1. The predicted octanol–water partition coefficient (Wildman–Crippen LogP) is 1.40. The third-order valence-corrected chi connectivity index (χ3v) is 3.90. The maximum atomic E-state index is 10.8. The molecule has 0 spiro atoms. The van der Waals surface area contributed by atoms with E-state index in [-0.39, 0.29) is 5.92 Å². The Morgan fingerprint density at radius 2 is 1.94 bits per heavy atom. The number of ether oxygens (including phenoxy) is 1. The molecule has 0 amide bonds. The molecule has 1 heterocycles. The molecule has 0 radical (unpaired) electrons. The van der Waals surface area contributed by atoms with E-state index in [2.05, 4.69) is 12.2 Å². The van der Waals surface area contributed by atoms with Gasteiger partial charge in [-0.25, -0.2) is 0 Å². The second-order valence-electron chi connectivity index (χ2n) is 5.02. The van der Waals surface area contributed by atoms with Gasteiger partial charge in [-0.1, -0.05) is 0 Å². The highest BCUT2D eigenvalue weighted by molar-refractivity contribution is 5.70. The van der Waals surface area contributed by atoms with Crippen LogP contribution in [0.2, 0.25) is 0 Å². The van der Waals surface area contributed by atoms with Crippen molar-refractivity contribution in [1.29, 1.82) is 0 Å². The van der Waals surface area contributed by atoms with Gasteiger partial charge in [-0.2, -0.15) is 0 Å². The standard InChI is InChI=1S/C12H21NO3/c1-8-11(6-7-16-8)13-10-4-2-9(3-5-10)12(14)15/h8-11,13H,2-7H2,1H3,(H,14,15). The van der Waals surface area contributed by atoms with Gasteiger partial charge in [0.15, 0.2) is 0 Å². The van der Waals surface area contributed by atoms with Crippen molar-refractivity contribution in [3.8, 4) is 0 Å². The van der Waals surface area contributed by atoms with Crippen LogP contribution in [0, 0.1) is 5.92 Å². The summed E-state index contributed by atoms with van der Waals surface area (Å²) in [6.07, 6.45) is 4.99. The molecule has 2 atom stereocenters. The molecule has 2 rings (SSSR count). The third-order valence-electron chi connectivity index (χ3n) is 3.90. The fourth-order valence-electron chi connectivity index (χ4n) is 2.76. The zero-order valence-corrected chi connectivity index (χ0v) is 9.82. The first-order valence-electron chi connectivity index (χ1n) is 6.27. The summed E-state index contributed by atoms with van der Waals surface area (Å²) in [5.41, 5.74) is 0. The van der Waals surface area contributed by atoms with Crippen LogP contribution in [0.3, 0.4) is 0 Å². The molecule has 2 N–H and O–H groups in total. The summed E-state index contributed by atoms with van der Waals surface area (Å²) in [6.45, 7) is 2.96. The summed E-state index contributed by atoms with van der Waals surface area (Å²) in [5, 5.41) is 12.5. The van der Waals surface area contributed by atoms with Crippen LogP contribution in [0.4, 0.5) is 0 Å². The summed E-state index contributed by atoms with van der Waals surface area (Å²) >= 11 is 0. The van der Waals surface area contributed by atoms with Gasteiger partial charge < -0.3 is 15.2 Å². The fourth-order valence-corrected chi connectivity index (χ4v) is 2.76. The van der Waals surface area contributed by atoms with E-state index in [4.69, 9.17) is 9.84 Å². The minimum atomic E-state index is -0.629. The second-order valence-corrected chi connectivity index (χ2v) is 5.02. The Bertz CT molecular complexity index is 249. The van der Waals surface area contributed by atoms with E-state index in [9.17, 15) is 4.79 Å². The fraction of sp³-hybridized carbons (Fsp3) is 0.917. The van der Waals surface area contributed by atoms with Gasteiger partial charge in [-0.05, 0) is 39.0 Å². The smallest absolute Gasteiger partial charge is 0.306 e. The molecule has 4 heteroatoms. The molecular formula is C12H21NO3. The molecule has 0 aromatic carbocycles. The molecule has 0 aromatic rings. The van der Waals surface area contributed by atoms with Gasteiger partial charge in [0.05, 0.1) is 12.0 Å². The maximum Gasteiger partial charge on any atom is 0.306 e. The molecule has 1 aliphatic heterocycles. The first-order valence-corrected chi connectivity index (χ1v) is 6.27. The summed E-state index contributed by atoms with van der Waals surface area (Å²) in [4.78, 5) is 10.8. The second kappa shape index (κ2) is 5.15. The van der Waals surface area contributed by atoms with Gasteiger partial charge in [0.2, 0.25) is 0 Å². The van der Waals surface area contributed by atoms with Crippen LogP contribution in [0.5, 0.6) is 0 Å². The molecule has 0 bridgehead atoms. The van der Waals surface area contributed by atoms with Crippen LogP contribution in [0.1, 0.15) is 39.0 Å². The summed E-state index contributed by atoms with van der Waals surface area (Å²) < 4.78 is 5.51. The van der Waals surface area contributed by atoms with Crippen molar-refractivity contribution >= 4 is 5.97 Å². The summed E-state index contributed by atoms with van der Waals surface area (Å²) in [7, 11) is 0. The van der Waals surface area contributed by atoms with Crippen molar-refractivity contribution in [2.75, 3.05) is 6.61 Å². The van der Waals surface area contributed by atoms with E-state index in [0.29, 0.717) is 18.2 Å². The molecule has 0 aromatic heterocycles. The minimum absolute atomic E-state index is 0.115. The number of hydrogen-bond acceptors (Lipinski definition) is 3. The van der Waals surface area contributed by atoms with Crippen LogP contribution in [-0.2, 0) is 9.53 Å². The highest BCUT2D eigenvalue weighted by atomic mass is 16.5. The lowest BCUT2D eigenvalue weighted by molar-refractivity contribution is -0.142. The average molecular weight is 227 g/mol. The molecule has 2 fully saturated rings. The monoisotopic (exact) mass is 227 g/mol.